The third-order valence-corrected chi connectivity index (χ3v) is 6.48. The lowest BCUT2D eigenvalue weighted by atomic mass is 9.92. The van der Waals surface area contributed by atoms with E-state index < -0.39 is 0 Å². The summed E-state index contributed by atoms with van der Waals surface area (Å²) in [6.07, 6.45) is 5.58. The van der Waals surface area contributed by atoms with Crippen LogP contribution in [0.5, 0.6) is 5.75 Å². The lowest BCUT2D eigenvalue weighted by Crippen LogP contribution is -2.57. The number of phenolic OH excluding ortho intramolecular Hbond substituents is 1. The summed E-state index contributed by atoms with van der Waals surface area (Å²) in [6.45, 7) is 12.1. The first kappa shape index (κ1) is 23.8. The van der Waals surface area contributed by atoms with Crippen molar-refractivity contribution >= 4 is 5.91 Å². The fourth-order valence-electron chi connectivity index (χ4n) is 4.73. The molecule has 1 amide bonds. The summed E-state index contributed by atoms with van der Waals surface area (Å²) < 4.78 is 0. The molecule has 0 bridgehead atoms. The Hall–Kier alpha value is -2.81. The first-order valence-corrected chi connectivity index (χ1v) is 11.5. The van der Waals surface area contributed by atoms with Gasteiger partial charge in [-0.3, -0.25) is 14.6 Å². The van der Waals surface area contributed by atoms with Gasteiger partial charge < -0.3 is 10.0 Å². The molecule has 1 fully saturated rings. The number of hydrogen-bond acceptors (Lipinski definition) is 4. The molecule has 1 aliphatic heterocycles. The van der Waals surface area contributed by atoms with E-state index in [0.717, 1.165) is 24.2 Å². The molecule has 170 valence electrons. The number of carbonyl (C=O) groups is 1. The highest BCUT2D eigenvalue weighted by Crippen LogP contribution is 2.35. The normalized spacial score (nSPS) is 20.5. The van der Waals surface area contributed by atoms with Crippen LogP contribution in [0.3, 0.4) is 0 Å². The minimum Gasteiger partial charge on any atom is -0.508 e. The van der Waals surface area contributed by atoms with Gasteiger partial charge in [-0.2, -0.15) is 0 Å². The number of hydrogen-bond donors (Lipinski definition) is 1. The van der Waals surface area contributed by atoms with Crippen LogP contribution in [0.1, 0.15) is 55.2 Å². The minimum atomic E-state index is -0.0722. The van der Waals surface area contributed by atoms with Crippen molar-refractivity contribution in [1.29, 1.82) is 0 Å². The number of benzene rings is 2. The number of rotatable bonds is 7. The average molecular weight is 434 g/mol. The summed E-state index contributed by atoms with van der Waals surface area (Å²) in [7, 11) is 0. The van der Waals surface area contributed by atoms with Gasteiger partial charge in [-0.05, 0) is 63.1 Å². The molecule has 0 spiro atoms. The second kappa shape index (κ2) is 10.7. The Bertz CT molecular complexity index is 963. The minimum absolute atomic E-state index is 0.0479. The topological polar surface area (TPSA) is 47.0 Å². The van der Waals surface area contributed by atoms with Crippen molar-refractivity contribution in [3.8, 4) is 18.1 Å². The zero-order chi connectivity index (χ0) is 23.3. The van der Waals surface area contributed by atoms with Crippen LogP contribution in [0.25, 0.3) is 0 Å². The highest BCUT2D eigenvalue weighted by atomic mass is 16.3. The highest BCUT2D eigenvalue weighted by molar-refractivity contribution is 5.94. The summed E-state index contributed by atoms with van der Waals surface area (Å²) in [6, 6.07) is 15.9. The molecule has 0 unspecified atom stereocenters. The molecule has 5 nitrogen and oxygen atoms in total. The second-order valence-corrected chi connectivity index (χ2v) is 8.63. The van der Waals surface area contributed by atoms with E-state index in [1.54, 1.807) is 6.07 Å². The SMILES string of the molecule is C#CCN1C[C@H](C)N([C@@H](c2cccc(O)c2)c2cccc(C(=O)N(CC)CC)c2)C[C@H]1C. The summed E-state index contributed by atoms with van der Waals surface area (Å²) in [5.41, 5.74) is 2.77. The van der Waals surface area contributed by atoms with Gasteiger partial charge in [-0.25, -0.2) is 0 Å². The van der Waals surface area contributed by atoms with Gasteiger partial charge in [0, 0.05) is 43.8 Å². The zero-order valence-electron chi connectivity index (χ0n) is 19.7. The van der Waals surface area contributed by atoms with Gasteiger partial charge in [-0.15, -0.1) is 6.42 Å². The van der Waals surface area contributed by atoms with E-state index >= 15 is 0 Å². The Morgan fingerprint density at radius 2 is 1.75 bits per heavy atom. The van der Waals surface area contributed by atoms with Crippen molar-refractivity contribution in [3.63, 3.8) is 0 Å². The van der Waals surface area contributed by atoms with Crippen LogP contribution < -0.4 is 0 Å². The Labute approximate surface area is 192 Å². The first-order chi connectivity index (χ1) is 15.4. The van der Waals surface area contributed by atoms with Crippen LogP contribution in [0, 0.1) is 12.3 Å². The van der Waals surface area contributed by atoms with Crippen molar-refractivity contribution in [3.05, 3.63) is 65.2 Å². The van der Waals surface area contributed by atoms with E-state index in [1.807, 2.05) is 49.1 Å². The van der Waals surface area contributed by atoms with Gasteiger partial charge >= 0.3 is 0 Å². The molecule has 0 aliphatic carbocycles. The Kier molecular flexibility index (Phi) is 7.95. The summed E-state index contributed by atoms with van der Waals surface area (Å²) >= 11 is 0. The standard InChI is InChI=1S/C27H35N3O2/c1-6-15-29-18-21(5)30(19-20(29)4)26(23-12-10-14-25(31)17-23)22-11-9-13-24(16-22)27(32)28(7-2)8-3/h1,9-14,16-17,20-21,26,31H,7-8,15,18-19H2,2-5H3/t20-,21+,26-/m1/s1. The Balaban J connectivity index is 2.03. The van der Waals surface area contributed by atoms with Crippen LogP contribution >= 0.6 is 0 Å². The molecule has 1 N–H and O–H groups in total. The molecule has 32 heavy (non-hydrogen) atoms. The van der Waals surface area contributed by atoms with E-state index in [0.29, 0.717) is 31.2 Å². The van der Waals surface area contributed by atoms with Gasteiger partial charge in [0.2, 0.25) is 0 Å². The monoisotopic (exact) mass is 433 g/mol. The molecule has 2 aromatic rings. The number of nitrogens with zero attached hydrogens (tertiary/aromatic N) is 3. The molecule has 1 saturated heterocycles. The Morgan fingerprint density at radius 3 is 2.38 bits per heavy atom. The van der Waals surface area contributed by atoms with Gasteiger partial charge in [-0.1, -0.05) is 30.2 Å². The third kappa shape index (κ3) is 5.15. The largest absolute Gasteiger partial charge is 0.508 e. The molecule has 0 saturated carbocycles. The van der Waals surface area contributed by atoms with Crippen LogP contribution in [-0.4, -0.2) is 70.5 Å². The first-order valence-electron chi connectivity index (χ1n) is 11.5. The Morgan fingerprint density at radius 1 is 1.09 bits per heavy atom. The van der Waals surface area contributed by atoms with E-state index in [4.69, 9.17) is 6.42 Å². The zero-order valence-corrected chi connectivity index (χ0v) is 19.7. The fraction of sp³-hybridized carbons (Fsp3) is 0.444. The van der Waals surface area contributed by atoms with Crippen molar-refractivity contribution in [2.24, 2.45) is 0 Å². The lowest BCUT2D eigenvalue weighted by molar-refractivity contribution is 0.0317. The molecule has 1 aliphatic rings. The van der Waals surface area contributed by atoms with E-state index in [9.17, 15) is 9.90 Å². The quantitative estimate of drug-likeness (QED) is 0.671. The molecule has 3 rings (SSSR count). The van der Waals surface area contributed by atoms with Crippen LogP contribution in [0.15, 0.2) is 48.5 Å². The summed E-state index contributed by atoms with van der Waals surface area (Å²) in [5, 5.41) is 10.2. The molecule has 0 aromatic heterocycles. The number of piperazine rings is 1. The van der Waals surface area contributed by atoms with Gasteiger partial charge in [0.1, 0.15) is 5.75 Å². The second-order valence-electron chi connectivity index (χ2n) is 8.63. The predicted molar refractivity (Wildman–Crippen MR) is 130 cm³/mol. The molecule has 5 heteroatoms. The lowest BCUT2D eigenvalue weighted by Gasteiger charge is -2.47. The third-order valence-electron chi connectivity index (χ3n) is 6.48. The molecule has 2 aromatic carbocycles. The number of carbonyl (C=O) groups excluding carboxylic acids is 1. The van der Waals surface area contributed by atoms with E-state index in [2.05, 4.69) is 41.7 Å². The van der Waals surface area contributed by atoms with Crippen LogP contribution in [-0.2, 0) is 0 Å². The van der Waals surface area contributed by atoms with Crippen molar-refractivity contribution in [1.82, 2.24) is 14.7 Å². The maximum Gasteiger partial charge on any atom is 0.253 e. The van der Waals surface area contributed by atoms with Crippen LogP contribution in [0.4, 0.5) is 0 Å². The average Bonchev–Trinajstić information content (AvgIpc) is 2.78. The van der Waals surface area contributed by atoms with Crippen molar-refractivity contribution in [2.75, 3.05) is 32.7 Å². The van der Waals surface area contributed by atoms with Gasteiger partial charge in [0.05, 0.1) is 12.6 Å². The molecule has 3 atom stereocenters. The summed E-state index contributed by atoms with van der Waals surface area (Å²) in [4.78, 5) is 19.7. The summed E-state index contributed by atoms with van der Waals surface area (Å²) in [5.74, 6) is 3.07. The van der Waals surface area contributed by atoms with Crippen LogP contribution in [0.2, 0.25) is 0 Å². The molecule has 1 heterocycles. The molecular formula is C27H35N3O2. The number of terminal acetylenes is 1. The van der Waals surface area contributed by atoms with E-state index in [-0.39, 0.29) is 23.7 Å². The maximum atomic E-state index is 13.0. The van der Waals surface area contributed by atoms with Crippen molar-refractivity contribution < 1.29 is 9.90 Å². The maximum absolute atomic E-state index is 13.0. The molecule has 0 radical (unpaired) electrons. The number of aromatic hydroxyl groups is 1. The number of amides is 1. The smallest absolute Gasteiger partial charge is 0.253 e. The predicted octanol–water partition coefficient (Wildman–Crippen LogP) is 3.99. The molecular weight excluding hydrogens is 398 g/mol. The van der Waals surface area contributed by atoms with E-state index in [1.165, 1.54) is 0 Å². The number of phenols is 1. The van der Waals surface area contributed by atoms with Gasteiger partial charge in [0.25, 0.3) is 5.91 Å². The fourth-order valence-corrected chi connectivity index (χ4v) is 4.73. The highest BCUT2D eigenvalue weighted by Gasteiger charge is 2.34. The van der Waals surface area contributed by atoms with Gasteiger partial charge in [0.15, 0.2) is 0 Å². The van der Waals surface area contributed by atoms with Crippen molar-refractivity contribution in [2.45, 2.75) is 45.8 Å².